The second-order valence-corrected chi connectivity index (χ2v) is 4.96. The first-order valence-electron chi connectivity index (χ1n) is 6.89. The van der Waals surface area contributed by atoms with Crippen molar-refractivity contribution < 1.29 is 9.53 Å². The summed E-state index contributed by atoms with van der Waals surface area (Å²) in [7, 11) is 5.52. The number of nitrogens with zero attached hydrogens (tertiary/aromatic N) is 2. The van der Waals surface area contributed by atoms with Crippen LogP contribution in [0.15, 0.2) is 42.6 Å². The molecule has 0 spiro atoms. The van der Waals surface area contributed by atoms with Crippen molar-refractivity contribution >= 4 is 17.4 Å². The predicted molar refractivity (Wildman–Crippen MR) is 87.4 cm³/mol. The third-order valence-corrected chi connectivity index (χ3v) is 3.11. The van der Waals surface area contributed by atoms with Crippen molar-refractivity contribution in [3.63, 3.8) is 0 Å². The summed E-state index contributed by atoms with van der Waals surface area (Å²) in [6.45, 7) is 0.461. The average molecular weight is 300 g/mol. The number of ether oxygens (including phenoxy) is 1. The van der Waals surface area contributed by atoms with Crippen LogP contribution in [0.1, 0.15) is 5.56 Å². The molecule has 0 unspecified atom stereocenters. The number of amides is 2. The van der Waals surface area contributed by atoms with E-state index >= 15 is 0 Å². The highest BCUT2D eigenvalue weighted by Gasteiger charge is 2.03. The molecule has 0 saturated heterocycles. The second-order valence-electron chi connectivity index (χ2n) is 4.96. The zero-order valence-electron chi connectivity index (χ0n) is 13.0. The van der Waals surface area contributed by atoms with Gasteiger partial charge in [-0.05, 0) is 23.8 Å². The van der Waals surface area contributed by atoms with Crippen LogP contribution in [0.25, 0.3) is 0 Å². The Morgan fingerprint density at radius 2 is 1.91 bits per heavy atom. The SMILES string of the molecule is COc1ccc(NC(=O)NCc2ccc(N(C)C)cc2)cn1. The van der Waals surface area contributed by atoms with Crippen molar-refractivity contribution in [1.29, 1.82) is 0 Å². The van der Waals surface area contributed by atoms with E-state index < -0.39 is 0 Å². The molecular weight excluding hydrogens is 280 g/mol. The fourth-order valence-corrected chi connectivity index (χ4v) is 1.84. The highest BCUT2D eigenvalue weighted by atomic mass is 16.5. The molecule has 6 nitrogen and oxygen atoms in total. The van der Waals surface area contributed by atoms with Gasteiger partial charge >= 0.3 is 6.03 Å². The molecule has 2 amide bonds. The third kappa shape index (κ3) is 4.37. The molecule has 0 aliphatic heterocycles. The van der Waals surface area contributed by atoms with Crippen LogP contribution in [0.2, 0.25) is 0 Å². The van der Waals surface area contributed by atoms with Crippen LogP contribution >= 0.6 is 0 Å². The minimum absolute atomic E-state index is 0.274. The summed E-state index contributed by atoms with van der Waals surface area (Å²) in [6, 6.07) is 11.2. The van der Waals surface area contributed by atoms with E-state index in [0.717, 1.165) is 11.3 Å². The Morgan fingerprint density at radius 3 is 2.45 bits per heavy atom. The van der Waals surface area contributed by atoms with E-state index in [1.807, 2.05) is 43.3 Å². The normalized spacial score (nSPS) is 9.95. The van der Waals surface area contributed by atoms with Crippen LogP contribution in [0.3, 0.4) is 0 Å². The lowest BCUT2D eigenvalue weighted by Crippen LogP contribution is -2.28. The molecule has 1 aromatic carbocycles. The molecule has 0 radical (unpaired) electrons. The number of carbonyl (C=O) groups excluding carboxylic acids is 1. The van der Waals surface area contributed by atoms with Gasteiger partial charge in [-0.1, -0.05) is 12.1 Å². The Labute approximate surface area is 130 Å². The molecule has 2 N–H and O–H groups in total. The Kier molecular flexibility index (Phi) is 5.19. The second kappa shape index (κ2) is 7.31. The number of hydrogen-bond donors (Lipinski definition) is 2. The molecule has 0 fully saturated rings. The maximum absolute atomic E-state index is 11.8. The molecule has 0 aliphatic rings. The topological polar surface area (TPSA) is 66.5 Å². The number of carbonyl (C=O) groups is 1. The van der Waals surface area contributed by atoms with Crippen LogP contribution in [-0.2, 0) is 6.54 Å². The van der Waals surface area contributed by atoms with E-state index in [4.69, 9.17) is 4.74 Å². The zero-order valence-corrected chi connectivity index (χ0v) is 13.0. The van der Waals surface area contributed by atoms with E-state index in [2.05, 4.69) is 15.6 Å². The van der Waals surface area contributed by atoms with Crippen molar-refractivity contribution in [2.45, 2.75) is 6.54 Å². The molecule has 116 valence electrons. The van der Waals surface area contributed by atoms with Crippen LogP contribution in [0, 0.1) is 0 Å². The standard InChI is InChI=1S/C16H20N4O2/c1-20(2)14-7-4-12(5-8-14)10-18-16(21)19-13-6-9-15(22-3)17-11-13/h4-9,11H,10H2,1-3H3,(H2,18,19,21). The minimum Gasteiger partial charge on any atom is -0.481 e. The number of hydrogen-bond acceptors (Lipinski definition) is 4. The monoisotopic (exact) mass is 300 g/mol. The molecule has 2 rings (SSSR count). The van der Waals surface area contributed by atoms with E-state index in [1.54, 1.807) is 25.4 Å². The van der Waals surface area contributed by atoms with E-state index in [0.29, 0.717) is 18.1 Å². The predicted octanol–water partition coefficient (Wildman–Crippen LogP) is 2.48. The summed E-state index contributed by atoms with van der Waals surface area (Å²) in [5.74, 6) is 0.506. The number of pyridine rings is 1. The number of rotatable bonds is 5. The Bertz CT molecular complexity index is 609. The first-order valence-corrected chi connectivity index (χ1v) is 6.89. The van der Waals surface area contributed by atoms with Gasteiger partial charge in [0.2, 0.25) is 5.88 Å². The molecule has 1 heterocycles. The van der Waals surface area contributed by atoms with Crippen molar-refractivity contribution in [2.24, 2.45) is 0 Å². The first-order chi connectivity index (χ1) is 10.6. The number of anilines is 2. The van der Waals surface area contributed by atoms with Gasteiger partial charge in [0.05, 0.1) is 19.0 Å². The third-order valence-electron chi connectivity index (χ3n) is 3.11. The lowest BCUT2D eigenvalue weighted by Gasteiger charge is -2.13. The molecular formula is C16H20N4O2. The average Bonchev–Trinajstić information content (AvgIpc) is 2.54. The van der Waals surface area contributed by atoms with Crippen molar-refractivity contribution in [3.05, 3.63) is 48.2 Å². The van der Waals surface area contributed by atoms with Gasteiger partial charge in [-0.25, -0.2) is 9.78 Å². The van der Waals surface area contributed by atoms with Gasteiger partial charge in [-0.2, -0.15) is 0 Å². The summed E-state index contributed by atoms with van der Waals surface area (Å²) in [4.78, 5) is 17.9. The fraction of sp³-hybridized carbons (Fsp3) is 0.250. The molecule has 1 aromatic heterocycles. The highest BCUT2D eigenvalue weighted by molar-refractivity contribution is 5.88. The number of nitrogens with one attached hydrogen (secondary N) is 2. The van der Waals surface area contributed by atoms with Crippen LogP contribution in [-0.4, -0.2) is 32.2 Å². The number of benzene rings is 1. The maximum Gasteiger partial charge on any atom is 0.319 e. The van der Waals surface area contributed by atoms with Gasteiger partial charge in [0, 0.05) is 32.4 Å². The first kappa shape index (κ1) is 15.6. The highest BCUT2D eigenvalue weighted by Crippen LogP contribution is 2.12. The number of methoxy groups -OCH3 is 1. The van der Waals surface area contributed by atoms with Gasteiger partial charge in [-0.3, -0.25) is 0 Å². The quantitative estimate of drug-likeness (QED) is 0.890. The van der Waals surface area contributed by atoms with Gasteiger partial charge in [0.1, 0.15) is 0 Å². The largest absolute Gasteiger partial charge is 0.481 e. The van der Waals surface area contributed by atoms with Crippen molar-refractivity contribution in [1.82, 2.24) is 10.3 Å². The van der Waals surface area contributed by atoms with Crippen LogP contribution in [0.4, 0.5) is 16.2 Å². The van der Waals surface area contributed by atoms with Gasteiger partial charge < -0.3 is 20.3 Å². The van der Waals surface area contributed by atoms with Crippen LogP contribution < -0.4 is 20.3 Å². The summed E-state index contributed by atoms with van der Waals surface area (Å²) in [5.41, 5.74) is 2.77. The molecule has 0 aliphatic carbocycles. The maximum atomic E-state index is 11.8. The minimum atomic E-state index is -0.274. The molecule has 0 atom stereocenters. The molecule has 0 saturated carbocycles. The van der Waals surface area contributed by atoms with E-state index in [-0.39, 0.29) is 6.03 Å². The molecule has 2 aromatic rings. The van der Waals surface area contributed by atoms with Gasteiger partial charge in [0.25, 0.3) is 0 Å². The summed E-state index contributed by atoms with van der Waals surface area (Å²) in [5, 5.41) is 5.52. The zero-order chi connectivity index (χ0) is 15.9. The lowest BCUT2D eigenvalue weighted by atomic mass is 10.2. The van der Waals surface area contributed by atoms with Gasteiger partial charge in [-0.15, -0.1) is 0 Å². The fourth-order valence-electron chi connectivity index (χ4n) is 1.84. The molecule has 6 heteroatoms. The summed E-state index contributed by atoms with van der Waals surface area (Å²) < 4.78 is 4.96. The number of aromatic nitrogens is 1. The Balaban J connectivity index is 1.84. The van der Waals surface area contributed by atoms with Crippen LogP contribution in [0.5, 0.6) is 5.88 Å². The van der Waals surface area contributed by atoms with Crippen molar-refractivity contribution in [2.75, 3.05) is 31.4 Å². The number of urea groups is 1. The smallest absolute Gasteiger partial charge is 0.319 e. The van der Waals surface area contributed by atoms with E-state index in [9.17, 15) is 4.79 Å². The summed E-state index contributed by atoms with van der Waals surface area (Å²) >= 11 is 0. The van der Waals surface area contributed by atoms with Gasteiger partial charge in [0.15, 0.2) is 0 Å². The summed E-state index contributed by atoms with van der Waals surface area (Å²) in [6.07, 6.45) is 1.55. The molecule has 22 heavy (non-hydrogen) atoms. The van der Waals surface area contributed by atoms with E-state index in [1.165, 1.54) is 0 Å². The van der Waals surface area contributed by atoms with Crippen molar-refractivity contribution in [3.8, 4) is 5.88 Å². The Hall–Kier alpha value is -2.76. The lowest BCUT2D eigenvalue weighted by molar-refractivity contribution is 0.251. The molecule has 0 bridgehead atoms. The Morgan fingerprint density at radius 1 is 1.18 bits per heavy atom.